The van der Waals surface area contributed by atoms with Gasteiger partial charge in [0.2, 0.25) is 5.91 Å². The van der Waals surface area contributed by atoms with Crippen molar-refractivity contribution in [2.45, 2.75) is 19.4 Å². The van der Waals surface area contributed by atoms with E-state index in [1.54, 1.807) is 0 Å². The molecule has 2 aliphatic heterocycles. The van der Waals surface area contributed by atoms with Crippen LogP contribution in [-0.4, -0.2) is 12.5 Å². The van der Waals surface area contributed by atoms with Crippen molar-refractivity contribution in [3.05, 3.63) is 53.1 Å². The summed E-state index contributed by atoms with van der Waals surface area (Å²) in [5.74, 6) is 0.0468. The van der Waals surface area contributed by atoms with Crippen LogP contribution in [0.15, 0.2) is 36.4 Å². The second-order valence-corrected chi connectivity index (χ2v) is 5.73. The van der Waals surface area contributed by atoms with Gasteiger partial charge in [-0.05, 0) is 35.2 Å². The van der Waals surface area contributed by atoms with Gasteiger partial charge in [0.1, 0.15) is 0 Å². The van der Waals surface area contributed by atoms with Gasteiger partial charge in [0.25, 0.3) is 0 Å². The summed E-state index contributed by atoms with van der Waals surface area (Å²) >= 11 is 0. The number of carbonyl (C=O) groups is 1. The van der Waals surface area contributed by atoms with Gasteiger partial charge in [-0.2, -0.15) is 0 Å². The Kier molecular flexibility index (Phi) is 2.64. The van der Waals surface area contributed by atoms with Crippen molar-refractivity contribution in [2.24, 2.45) is 0 Å². The number of nitrogens with zero attached hydrogens (tertiary/aromatic N) is 1. The first-order valence-corrected chi connectivity index (χ1v) is 7.25. The number of amides is 1. The standard InChI is InChI=1S/C17H17N3O/c18-14-7-13-8-17(21)19-15(13)9-16(14)20-6-5-11-3-1-2-4-12(11)10-20/h1-4,7,9H,5-6,8,10,18H2,(H,19,21). The van der Waals surface area contributed by atoms with Crippen molar-refractivity contribution in [1.29, 1.82) is 0 Å². The Morgan fingerprint density at radius 2 is 1.90 bits per heavy atom. The van der Waals surface area contributed by atoms with Crippen molar-refractivity contribution < 1.29 is 4.79 Å². The van der Waals surface area contributed by atoms with Gasteiger partial charge in [0.05, 0.1) is 17.8 Å². The van der Waals surface area contributed by atoms with Crippen LogP contribution >= 0.6 is 0 Å². The van der Waals surface area contributed by atoms with E-state index in [0.29, 0.717) is 6.42 Å². The van der Waals surface area contributed by atoms with E-state index in [1.165, 1.54) is 11.1 Å². The number of rotatable bonds is 1. The number of carbonyl (C=O) groups excluding carboxylic acids is 1. The number of nitrogens with two attached hydrogens (primary N) is 1. The van der Waals surface area contributed by atoms with E-state index in [0.717, 1.165) is 42.1 Å². The van der Waals surface area contributed by atoms with Gasteiger partial charge >= 0.3 is 0 Å². The monoisotopic (exact) mass is 279 g/mol. The van der Waals surface area contributed by atoms with Crippen LogP contribution in [0.3, 0.4) is 0 Å². The second-order valence-electron chi connectivity index (χ2n) is 5.73. The number of nitrogens with one attached hydrogen (secondary N) is 1. The summed E-state index contributed by atoms with van der Waals surface area (Å²) in [6.07, 6.45) is 1.46. The molecule has 0 bridgehead atoms. The van der Waals surface area contributed by atoms with Crippen molar-refractivity contribution >= 4 is 23.0 Å². The quantitative estimate of drug-likeness (QED) is 0.788. The molecule has 106 valence electrons. The molecule has 3 N–H and O–H groups in total. The highest BCUT2D eigenvalue weighted by molar-refractivity contribution is 6.00. The largest absolute Gasteiger partial charge is 0.397 e. The SMILES string of the molecule is Nc1cc2c(cc1N1CCc3ccccc3C1)NC(=O)C2. The Morgan fingerprint density at radius 1 is 1.10 bits per heavy atom. The fraction of sp³-hybridized carbons (Fsp3) is 0.235. The fourth-order valence-corrected chi connectivity index (χ4v) is 3.26. The van der Waals surface area contributed by atoms with E-state index in [9.17, 15) is 4.79 Å². The zero-order valence-electron chi connectivity index (χ0n) is 11.7. The van der Waals surface area contributed by atoms with Crippen LogP contribution in [-0.2, 0) is 24.2 Å². The Labute approximate surface area is 123 Å². The third-order valence-corrected chi connectivity index (χ3v) is 4.35. The summed E-state index contributed by atoms with van der Waals surface area (Å²) < 4.78 is 0. The minimum Gasteiger partial charge on any atom is -0.397 e. The Balaban J connectivity index is 1.69. The predicted molar refractivity (Wildman–Crippen MR) is 84.4 cm³/mol. The molecule has 2 aliphatic rings. The van der Waals surface area contributed by atoms with Crippen molar-refractivity contribution in [2.75, 3.05) is 22.5 Å². The van der Waals surface area contributed by atoms with Gasteiger partial charge in [0, 0.05) is 18.8 Å². The molecular formula is C17H17N3O. The van der Waals surface area contributed by atoms with Crippen molar-refractivity contribution in [1.82, 2.24) is 0 Å². The average molecular weight is 279 g/mol. The molecule has 4 rings (SSSR count). The lowest BCUT2D eigenvalue weighted by Crippen LogP contribution is -2.30. The molecule has 0 aromatic heterocycles. The normalized spacial score (nSPS) is 16.4. The third-order valence-electron chi connectivity index (χ3n) is 4.35. The zero-order valence-corrected chi connectivity index (χ0v) is 11.7. The smallest absolute Gasteiger partial charge is 0.228 e. The number of anilines is 3. The van der Waals surface area contributed by atoms with Crippen LogP contribution in [0, 0.1) is 0 Å². The molecule has 4 nitrogen and oxygen atoms in total. The van der Waals surface area contributed by atoms with Crippen LogP contribution in [0.1, 0.15) is 16.7 Å². The van der Waals surface area contributed by atoms with Crippen molar-refractivity contribution in [3.8, 4) is 0 Å². The maximum Gasteiger partial charge on any atom is 0.228 e. The molecule has 0 saturated carbocycles. The van der Waals surface area contributed by atoms with Gasteiger partial charge in [-0.3, -0.25) is 4.79 Å². The molecule has 2 aromatic carbocycles. The molecule has 0 atom stereocenters. The van der Waals surface area contributed by atoms with Gasteiger partial charge in [-0.1, -0.05) is 24.3 Å². The molecule has 1 amide bonds. The molecule has 2 aromatic rings. The maximum atomic E-state index is 11.5. The second kappa shape index (κ2) is 4.52. The summed E-state index contributed by atoms with van der Waals surface area (Å²) in [4.78, 5) is 13.8. The number of benzene rings is 2. The predicted octanol–water partition coefficient (Wildman–Crippen LogP) is 2.33. The molecule has 2 heterocycles. The van der Waals surface area contributed by atoms with E-state index in [1.807, 2.05) is 12.1 Å². The summed E-state index contributed by atoms with van der Waals surface area (Å²) in [5, 5.41) is 2.90. The van der Waals surface area contributed by atoms with Crippen LogP contribution in [0.4, 0.5) is 17.1 Å². The highest BCUT2D eigenvalue weighted by Crippen LogP contribution is 2.35. The van der Waals surface area contributed by atoms with Crippen molar-refractivity contribution in [3.63, 3.8) is 0 Å². The van der Waals surface area contributed by atoms with E-state index >= 15 is 0 Å². The highest BCUT2D eigenvalue weighted by atomic mass is 16.1. The van der Waals surface area contributed by atoms with Crippen LogP contribution in [0.2, 0.25) is 0 Å². The molecule has 0 saturated heterocycles. The van der Waals surface area contributed by atoms with E-state index in [4.69, 9.17) is 5.73 Å². The van der Waals surface area contributed by atoms with Crippen LogP contribution < -0.4 is 16.0 Å². The van der Waals surface area contributed by atoms with E-state index < -0.39 is 0 Å². The molecule has 0 radical (unpaired) electrons. The molecular weight excluding hydrogens is 262 g/mol. The van der Waals surface area contributed by atoms with Crippen LogP contribution in [0.5, 0.6) is 0 Å². The number of fused-ring (bicyclic) bond motifs is 2. The topological polar surface area (TPSA) is 58.4 Å². The van der Waals surface area contributed by atoms with Gasteiger partial charge in [-0.15, -0.1) is 0 Å². The van der Waals surface area contributed by atoms with Gasteiger partial charge < -0.3 is 16.0 Å². The molecule has 21 heavy (non-hydrogen) atoms. The number of nitrogen functional groups attached to an aromatic ring is 1. The highest BCUT2D eigenvalue weighted by Gasteiger charge is 2.23. The molecule has 0 unspecified atom stereocenters. The zero-order chi connectivity index (χ0) is 14.4. The Hall–Kier alpha value is -2.49. The molecule has 4 heteroatoms. The minimum atomic E-state index is 0.0468. The first kappa shape index (κ1) is 12.3. The fourth-order valence-electron chi connectivity index (χ4n) is 3.26. The van der Waals surface area contributed by atoms with E-state index in [2.05, 4.69) is 34.5 Å². The van der Waals surface area contributed by atoms with Crippen LogP contribution in [0.25, 0.3) is 0 Å². The first-order valence-electron chi connectivity index (χ1n) is 7.25. The first-order chi connectivity index (χ1) is 10.2. The maximum absolute atomic E-state index is 11.5. The molecule has 0 aliphatic carbocycles. The molecule has 0 fully saturated rings. The van der Waals surface area contributed by atoms with E-state index in [-0.39, 0.29) is 5.91 Å². The average Bonchev–Trinajstić information content (AvgIpc) is 2.85. The lowest BCUT2D eigenvalue weighted by molar-refractivity contribution is -0.115. The summed E-state index contributed by atoms with van der Waals surface area (Å²) in [7, 11) is 0. The third kappa shape index (κ3) is 2.03. The molecule has 0 spiro atoms. The van der Waals surface area contributed by atoms with Gasteiger partial charge in [0.15, 0.2) is 0 Å². The lowest BCUT2D eigenvalue weighted by Gasteiger charge is -2.32. The lowest BCUT2D eigenvalue weighted by atomic mass is 9.99. The number of hydrogen-bond donors (Lipinski definition) is 2. The summed E-state index contributed by atoms with van der Waals surface area (Å²) in [6.45, 7) is 1.82. The number of hydrogen-bond acceptors (Lipinski definition) is 3. The summed E-state index contributed by atoms with van der Waals surface area (Å²) in [6, 6.07) is 12.5. The minimum absolute atomic E-state index is 0.0468. The Morgan fingerprint density at radius 3 is 2.76 bits per heavy atom. The summed E-state index contributed by atoms with van der Waals surface area (Å²) in [5.41, 5.74) is 12.7. The van der Waals surface area contributed by atoms with Gasteiger partial charge in [-0.25, -0.2) is 0 Å². The Bertz CT molecular complexity index is 739.